The van der Waals surface area contributed by atoms with E-state index >= 15 is 0 Å². The molecule has 0 aromatic carbocycles. The molecular weight excluding hydrogens is 262 g/mol. The van der Waals surface area contributed by atoms with Gasteiger partial charge in [0.05, 0.1) is 17.7 Å². The molecule has 2 unspecified atom stereocenters. The van der Waals surface area contributed by atoms with Gasteiger partial charge in [0.2, 0.25) is 0 Å². The number of hydrogen-bond acceptors (Lipinski definition) is 3. The zero-order chi connectivity index (χ0) is 10.2. The summed E-state index contributed by atoms with van der Waals surface area (Å²) in [5.41, 5.74) is 1.86. The molecule has 1 fully saturated rings. The van der Waals surface area contributed by atoms with Crippen LogP contribution in [0.4, 0.5) is 0 Å². The molecule has 2 rings (SSSR count). The van der Waals surface area contributed by atoms with E-state index in [0.717, 1.165) is 13.0 Å². The van der Waals surface area contributed by atoms with Gasteiger partial charge in [0.25, 0.3) is 0 Å². The summed E-state index contributed by atoms with van der Waals surface area (Å²) in [4.78, 5) is 5.88. The Kier molecular flexibility index (Phi) is 2.96. The van der Waals surface area contributed by atoms with Gasteiger partial charge in [0, 0.05) is 21.8 Å². The lowest BCUT2D eigenvalue weighted by molar-refractivity contribution is 0.0381. The Hall–Kier alpha value is 0.0700. The Bertz CT molecular complexity index is 299. The maximum absolute atomic E-state index is 5.75. The molecule has 1 aliphatic rings. The fraction of sp³-hybridized carbons (Fsp3) is 0.700. The first-order valence-electron chi connectivity index (χ1n) is 4.75. The van der Waals surface area contributed by atoms with Gasteiger partial charge >= 0.3 is 0 Å². The van der Waals surface area contributed by atoms with Crippen molar-refractivity contribution in [1.29, 1.82) is 0 Å². The van der Waals surface area contributed by atoms with E-state index in [1.54, 1.807) is 11.3 Å². The van der Waals surface area contributed by atoms with Crippen LogP contribution in [0.2, 0.25) is 0 Å². The average molecular weight is 276 g/mol. The Morgan fingerprint density at radius 1 is 1.71 bits per heavy atom. The molecule has 0 N–H and O–H groups in total. The molecule has 0 saturated carbocycles. The van der Waals surface area contributed by atoms with E-state index in [1.165, 1.54) is 4.88 Å². The van der Waals surface area contributed by atoms with E-state index in [-0.39, 0.29) is 5.60 Å². The summed E-state index contributed by atoms with van der Waals surface area (Å²) in [5, 5.41) is 0. The van der Waals surface area contributed by atoms with Gasteiger partial charge < -0.3 is 4.74 Å². The third-order valence-corrected chi connectivity index (χ3v) is 5.35. The first-order chi connectivity index (χ1) is 6.59. The lowest BCUT2D eigenvalue weighted by atomic mass is 9.95. The highest BCUT2D eigenvalue weighted by Crippen LogP contribution is 2.37. The van der Waals surface area contributed by atoms with Crippen LogP contribution in [0.25, 0.3) is 0 Å². The van der Waals surface area contributed by atoms with Crippen molar-refractivity contribution in [2.75, 3.05) is 6.61 Å². The minimum atomic E-state index is -0.0324. The van der Waals surface area contributed by atoms with Crippen LogP contribution in [-0.2, 0) is 11.2 Å². The van der Waals surface area contributed by atoms with E-state index in [2.05, 4.69) is 34.8 Å². The van der Waals surface area contributed by atoms with Crippen LogP contribution in [0.15, 0.2) is 11.7 Å². The Balaban J connectivity index is 2.01. The molecule has 0 radical (unpaired) electrons. The van der Waals surface area contributed by atoms with Gasteiger partial charge in [-0.2, -0.15) is 0 Å². The van der Waals surface area contributed by atoms with Crippen molar-refractivity contribution in [2.24, 2.45) is 5.92 Å². The van der Waals surface area contributed by atoms with Gasteiger partial charge in [-0.15, -0.1) is 11.3 Å². The quantitative estimate of drug-likeness (QED) is 0.775. The molecular formula is C10H14BrNOS. The topological polar surface area (TPSA) is 22.1 Å². The van der Waals surface area contributed by atoms with Gasteiger partial charge in [0.1, 0.15) is 0 Å². The molecule has 1 aromatic rings. The van der Waals surface area contributed by atoms with E-state index < -0.39 is 0 Å². The summed E-state index contributed by atoms with van der Waals surface area (Å²) in [6.45, 7) is 5.12. The Labute approximate surface area is 96.8 Å². The van der Waals surface area contributed by atoms with Crippen molar-refractivity contribution in [1.82, 2.24) is 4.98 Å². The Morgan fingerprint density at radius 3 is 3.00 bits per heavy atom. The number of hydrogen-bond donors (Lipinski definition) is 0. The molecule has 0 amide bonds. The zero-order valence-corrected chi connectivity index (χ0v) is 10.8. The first-order valence-corrected chi connectivity index (χ1v) is 6.54. The van der Waals surface area contributed by atoms with Gasteiger partial charge in [-0.3, -0.25) is 4.98 Å². The molecule has 2 nitrogen and oxygen atoms in total. The van der Waals surface area contributed by atoms with E-state index in [1.807, 2.05) is 11.7 Å². The van der Waals surface area contributed by atoms with Crippen molar-refractivity contribution in [3.05, 3.63) is 16.6 Å². The van der Waals surface area contributed by atoms with Crippen molar-refractivity contribution in [3.63, 3.8) is 0 Å². The highest BCUT2D eigenvalue weighted by Gasteiger charge is 2.41. The van der Waals surface area contributed by atoms with Crippen LogP contribution >= 0.6 is 27.3 Å². The van der Waals surface area contributed by atoms with Gasteiger partial charge in [0.15, 0.2) is 0 Å². The number of halogens is 1. The van der Waals surface area contributed by atoms with E-state index in [9.17, 15) is 0 Å². The van der Waals surface area contributed by atoms with E-state index in [0.29, 0.717) is 10.7 Å². The molecule has 2 atom stereocenters. The largest absolute Gasteiger partial charge is 0.374 e. The van der Waals surface area contributed by atoms with Crippen LogP contribution in [0, 0.1) is 5.92 Å². The third kappa shape index (κ3) is 2.02. The molecule has 2 heterocycles. The van der Waals surface area contributed by atoms with Crippen LogP contribution in [-0.4, -0.2) is 22.0 Å². The summed E-state index contributed by atoms with van der Waals surface area (Å²) in [6, 6.07) is 0. The SMILES string of the molecule is CC1(C)OCC(Cc2cncs2)C1Br. The lowest BCUT2D eigenvalue weighted by Gasteiger charge is -2.22. The molecule has 0 spiro atoms. The molecule has 14 heavy (non-hydrogen) atoms. The molecule has 1 aliphatic heterocycles. The summed E-state index contributed by atoms with van der Waals surface area (Å²) in [6.07, 6.45) is 3.03. The number of ether oxygens (including phenoxy) is 1. The Morgan fingerprint density at radius 2 is 2.50 bits per heavy atom. The second kappa shape index (κ2) is 3.91. The standard InChI is InChI=1S/C10H14BrNOS/c1-10(2)9(11)7(5-13-10)3-8-4-12-6-14-8/h4,6-7,9H,3,5H2,1-2H3. The fourth-order valence-corrected chi connectivity index (χ4v) is 2.98. The second-order valence-electron chi connectivity index (χ2n) is 4.25. The number of thiazole rings is 1. The average Bonchev–Trinajstić information content (AvgIpc) is 2.70. The van der Waals surface area contributed by atoms with Crippen molar-refractivity contribution in [3.8, 4) is 0 Å². The monoisotopic (exact) mass is 275 g/mol. The summed E-state index contributed by atoms with van der Waals surface area (Å²) in [7, 11) is 0. The van der Waals surface area contributed by atoms with Crippen LogP contribution in [0.1, 0.15) is 18.7 Å². The number of alkyl halides is 1. The molecule has 78 valence electrons. The highest BCUT2D eigenvalue weighted by atomic mass is 79.9. The summed E-state index contributed by atoms with van der Waals surface area (Å²) >= 11 is 5.46. The van der Waals surface area contributed by atoms with Crippen molar-refractivity contribution < 1.29 is 4.74 Å². The van der Waals surface area contributed by atoms with Gasteiger partial charge in [-0.05, 0) is 20.3 Å². The smallest absolute Gasteiger partial charge is 0.0794 e. The first kappa shape index (κ1) is 10.6. The summed E-state index contributed by atoms with van der Waals surface area (Å²) in [5.74, 6) is 0.574. The minimum absolute atomic E-state index is 0.0324. The maximum atomic E-state index is 5.75. The second-order valence-corrected chi connectivity index (χ2v) is 6.21. The lowest BCUT2D eigenvalue weighted by Crippen LogP contribution is -2.30. The summed E-state index contributed by atoms with van der Waals surface area (Å²) < 4.78 is 5.75. The zero-order valence-electron chi connectivity index (χ0n) is 8.37. The molecule has 1 saturated heterocycles. The normalized spacial score (nSPS) is 30.8. The fourth-order valence-electron chi connectivity index (χ4n) is 1.82. The van der Waals surface area contributed by atoms with Crippen LogP contribution in [0.3, 0.4) is 0 Å². The van der Waals surface area contributed by atoms with Crippen LogP contribution < -0.4 is 0 Å². The van der Waals surface area contributed by atoms with Crippen molar-refractivity contribution >= 4 is 27.3 Å². The number of rotatable bonds is 2. The maximum Gasteiger partial charge on any atom is 0.0794 e. The molecule has 4 heteroatoms. The molecule has 0 aliphatic carbocycles. The number of aromatic nitrogens is 1. The van der Waals surface area contributed by atoms with Crippen LogP contribution in [0.5, 0.6) is 0 Å². The molecule has 0 bridgehead atoms. The predicted molar refractivity (Wildman–Crippen MR) is 62.1 cm³/mol. The number of nitrogens with zero attached hydrogens (tertiary/aromatic N) is 1. The van der Waals surface area contributed by atoms with Crippen molar-refractivity contribution in [2.45, 2.75) is 30.7 Å². The van der Waals surface area contributed by atoms with Gasteiger partial charge in [-0.1, -0.05) is 15.9 Å². The van der Waals surface area contributed by atoms with E-state index in [4.69, 9.17) is 4.74 Å². The highest BCUT2D eigenvalue weighted by molar-refractivity contribution is 9.09. The van der Waals surface area contributed by atoms with Gasteiger partial charge in [-0.25, -0.2) is 0 Å². The third-order valence-electron chi connectivity index (χ3n) is 2.69. The molecule has 1 aromatic heterocycles. The predicted octanol–water partition coefficient (Wildman–Crippen LogP) is 2.87. The minimum Gasteiger partial charge on any atom is -0.374 e.